The Morgan fingerprint density at radius 3 is 2.43 bits per heavy atom. The van der Waals surface area contributed by atoms with E-state index in [1.54, 1.807) is 6.07 Å². The number of piperidine rings is 1. The normalized spacial score (nSPS) is 17.3. The minimum Gasteiger partial charge on any atom is -0.320 e. The molecule has 2 N–H and O–H groups in total. The highest BCUT2D eigenvalue weighted by Gasteiger charge is 2.35. The quantitative estimate of drug-likeness (QED) is 0.662. The van der Waals surface area contributed by atoms with Crippen molar-refractivity contribution in [2.75, 3.05) is 18.4 Å². The molecular weight excluding hydrogens is 270 g/mol. The number of hydrogen-bond donors (Lipinski definition) is 2. The van der Waals surface area contributed by atoms with Crippen molar-refractivity contribution in [1.82, 2.24) is 5.32 Å². The molecule has 1 aromatic rings. The molecule has 0 unspecified atom stereocenters. The summed E-state index contributed by atoms with van der Waals surface area (Å²) in [6.45, 7) is 7.19. The van der Waals surface area contributed by atoms with Gasteiger partial charge in [-0.15, -0.1) is 0 Å². The van der Waals surface area contributed by atoms with E-state index < -0.39 is 10.3 Å². The minimum atomic E-state index is -0.474. The molecule has 6 heteroatoms. The number of nitrogens with zero attached hydrogens (tertiary/aromatic N) is 1. The largest absolute Gasteiger partial charge is 0.320 e. The molecule has 0 aliphatic carbocycles. The fraction of sp³-hybridized carbons (Fsp3) is 0.533. The molecule has 1 aliphatic rings. The first-order chi connectivity index (χ1) is 9.83. The van der Waals surface area contributed by atoms with Gasteiger partial charge in [-0.1, -0.05) is 6.92 Å². The van der Waals surface area contributed by atoms with E-state index in [1.807, 2.05) is 20.8 Å². The van der Waals surface area contributed by atoms with Crippen LogP contribution < -0.4 is 10.6 Å². The van der Waals surface area contributed by atoms with E-state index in [0.717, 1.165) is 37.1 Å². The van der Waals surface area contributed by atoms with Crippen molar-refractivity contribution >= 4 is 17.3 Å². The molecule has 0 radical (unpaired) electrons. The lowest BCUT2D eigenvalue weighted by molar-refractivity contribution is -0.384. The van der Waals surface area contributed by atoms with Crippen LogP contribution in [0, 0.1) is 29.4 Å². The maximum absolute atomic E-state index is 12.5. The predicted octanol–water partition coefficient (Wildman–Crippen LogP) is 2.54. The van der Waals surface area contributed by atoms with Gasteiger partial charge < -0.3 is 10.6 Å². The summed E-state index contributed by atoms with van der Waals surface area (Å²) in [5.41, 5.74) is 1.52. The Hall–Kier alpha value is -1.95. The van der Waals surface area contributed by atoms with E-state index >= 15 is 0 Å². The van der Waals surface area contributed by atoms with Crippen LogP contribution in [0.15, 0.2) is 12.1 Å². The van der Waals surface area contributed by atoms with Crippen molar-refractivity contribution in [2.24, 2.45) is 5.41 Å². The van der Waals surface area contributed by atoms with Gasteiger partial charge in [0.15, 0.2) is 0 Å². The molecule has 114 valence electrons. The summed E-state index contributed by atoms with van der Waals surface area (Å²) in [4.78, 5) is 23.2. The van der Waals surface area contributed by atoms with Crippen LogP contribution in [-0.4, -0.2) is 23.9 Å². The van der Waals surface area contributed by atoms with E-state index in [9.17, 15) is 14.9 Å². The summed E-state index contributed by atoms with van der Waals surface area (Å²) in [5.74, 6) is -0.143. The summed E-state index contributed by atoms with van der Waals surface area (Å²) in [7, 11) is 0. The molecule has 0 spiro atoms. The third-order valence-electron chi connectivity index (χ3n) is 4.31. The van der Waals surface area contributed by atoms with Crippen LogP contribution in [-0.2, 0) is 4.79 Å². The molecule has 21 heavy (non-hydrogen) atoms. The van der Waals surface area contributed by atoms with Crippen LogP contribution in [0.1, 0.15) is 30.9 Å². The summed E-state index contributed by atoms with van der Waals surface area (Å²) >= 11 is 0. The van der Waals surface area contributed by atoms with Crippen LogP contribution in [0.5, 0.6) is 0 Å². The van der Waals surface area contributed by atoms with Gasteiger partial charge >= 0.3 is 0 Å². The fourth-order valence-electron chi connectivity index (χ4n) is 2.53. The average molecular weight is 291 g/mol. The van der Waals surface area contributed by atoms with Gasteiger partial charge in [-0.2, -0.15) is 0 Å². The molecule has 1 saturated heterocycles. The van der Waals surface area contributed by atoms with Gasteiger partial charge in [0.1, 0.15) is 5.69 Å². The summed E-state index contributed by atoms with van der Waals surface area (Å²) < 4.78 is 0. The van der Waals surface area contributed by atoms with Crippen LogP contribution >= 0.6 is 0 Å². The third kappa shape index (κ3) is 3.21. The summed E-state index contributed by atoms with van der Waals surface area (Å²) in [6.07, 6.45) is 1.47. The smallest absolute Gasteiger partial charge is 0.293 e. The highest BCUT2D eigenvalue weighted by molar-refractivity contribution is 5.97. The van der Waals surface area contributed by atoms with Gasteiger partial charge in [0.05, 0.1) is 4.92 Å². The highest BCUT2D eigenvalue weighted by atomic mass is 16.6. The number of nitro groups is 1. The minimum absolute atomic E-state index is 0.0519. The number of nitrogens with one attached hydrogen (secondary N) is 2. The molecule has 0 atom stereocenters. The topological polar surface area (TPSA) is 84.3 Å². The lowest BCUT2D eigenvalue weighted by Crippen LogP contribution is -2.42. The molecular formula is C15H21N3O3. The summed E-state index contributed by atoms with van der Waals surface area (Å²) in [5, 5.41) is 17.1. The van der Waals surface area contributed by atoms with Crippen LogP contribution in [0.2, 0.25) is 0 Å². The molecule has 1 heterocycles. The second-order valence-electron chi connectivity index (χ2n) is 5.98. The van der Waals surface area contributed by atoms with E-state index in [0.29, 0.717) is 0 Å². The number of rotatable bonds is 3. The SMILES string of the molecule is Cc1cc(NC(=O)C2(C)CCNCC2)c([N+](=O)[O-])cc1C. The molecule has 0 saturated carbocycles. The first-order valence-electron chi connectivity index (χ1n) is 7.11. The van der Waals surface area contributed by atoms with Gasteiger partial charge in [-0.05, 0) is 57.0 Å². The van der Waals surface area contributed by atoms with Crippen molar-refractivity contribution in [2.45, 2.75) is 33.6 Å². The first kappa shape index (κ1) is 15.4. The molecule has 1 aliphatic heterocycles. The molecule has 6 nitrogen and oxygen atoms in total. The van der Waals surface area contributed by atoms with Gasteiger partial charge in [0.2, 0.25) is 5.91 Å². The Labute approximate surface area is 124 Å². The maximum atomic E-state index is 12.5. The Balaban J connectivity index is 2.28. The van der Waals surface area contributed by atoms with Gasteiger partial charge in [0.25, 0.3) is 5.69 Å². The Morgan fingerprint density at radius 2 is 1.86 bits per heavy atom. The molecule has 2 rings (SSSR count). The fourth-order valence-corrected chi connectivity index (χ4v) is 2.53. The van der Waals surface area contributed by atoms with Gasteiger partial charge in [-0.3, -0.25) is 14.9 Å². The average Bonchev–Trinajstić information content (AvgIpc) is 2.43. The van der Waals surface area contributed by atoms with Crippen LogP contribution in [0.4, 0.5) is 11.4 Å². The zero-order valence-electron chi connectivity index (χ0n) is 12.7. The van der Waals surface area contributed by atoms with Crippen molar-refractivity contribution in [3.63, 3.8) is 0 Å². The lowest BCUT2D eigenvalue weighted by Gasteiger charge is -2.32. The number of hydrogen-bond acceptors (Lipinski definition) is 4. The zero-order valence-corrected chi connectivity index (χ0v) is 12.7. The Bertz CT molecular complexity index is 578. The van der Waals surface area contributed by atoms with Crippen molar-refractivity contribution in [3.05, 3.63) is 33.4 Å². The number of benzene rings is 1. The van der Waals surface area contributed by atoms with E-state index in [4.69, 9.17) is 0 Å². The number of nitro benzene ring substituents is 1. The number of carbonyl (C=O) groups is 1. The number of amides is 1. The van der Waals surface area contributed by atoms with Gasteiger partial charge in [0, 0.05) is 11.5 Å². The van der Waals surface area contributed by atoms with Gasteiger partial charge in [-0.25, -0.2) is 0 Å². The standard InChI is InChI=1S/C15H21N3O3/c1-10-8-12(13(18(20)21)9-11(10)2)17-14(19)15(3)4-6-16-7-5-15/h8-9,16H,4-7H2,1-3H3,(H,17,19). The number of carbonyl (C=O) groups excluding carboxylic acids is 1. The third-order valence-corrected chi connectivity index (χ3v) is 4.31. The molecule has 1 fully saturated rings. The number of aryl methyl sites for hydroxylation is 2. The van der Waals surface area contributed by atoms with E-state index in [1.165, 1.54) is 6.07 Å². The second-order valence-corrected chi connectivity index (χ2v) is 5.98. The van der Waals surface area contributed by atoms with E-state index in [2.05, 4.69) is 10.6 Å². The molecule has 1 aromatic carbocycles. The summed E-state index contributed by atoms with van der Waals surface area (Å²) in [6, 6.07) is 3.19. The monoisotopic (exact) mass is 291 g/mol. The maximum Gasteiger partial charge on any atom is 0.293 e. The Morgan fingerprint density at radius 1 is 1.29 bits per heavy atom. The second kappa shape index (κ2) is 5.81. The van der Waals surface area contributed by atoms with Crippen LogP contribution in [0.25, 0.3) is 0 Å². The zero-order chi connectivity index (χ0) is 15.6. The highest BCUT2D eigenvalue weighted by Crippen LogP contribution is 2.33. The molecule has 0 bridgehead atoms. The Kier molecular flexibility index (Phi) is 4.27. The number of anilines is 1. The molecule has 1 amide bonds. The predicted molar refractivity (Wildman–Crippen MR) is 81.4 cm³/mol. The first-order valence-corrected chi connectivity index (χ1v) is 7.11. The van der Waals surface area contributed by atoms with Crippen molar-refractivity contribution < 1.29 is 9.72 Å². The lowest BCUT2D eigenvalue weighted by atomic mass is 9.80. The molecule has 0 aromatic heterocycles. The van der Waals surface area contributed by atoms with Crippen LogP contribution in [0.3, 0.4) is 0 Å². The van der Waals surface area contributed by atoms with Crippen molar-refractivity contribution in [1.29, 1.82) is 0 Å². The van der Waals surface area contributed by atoms with E-state index in [-0.39, 0.29) is 17.3 Å². The van der Waals surface area contributed by atoms with Crippen molar-refractivity contribution in [3.8, 4) is 0 Å².